The van der Waals surface area contributed by atoms with Crippen LogP contribution >= 0.6 is 0 Å². The smallest absolute Gasteiger partial charge is 0.165 e. The van der Waals surface area contributed by atoms with Gasteiger partial charge in [0.2, 0.25) is 0 Å². The molecule has 0 aliphatic heterocycles. The SMILES string of the molecule is C=CCOc1c(CC=C)c[c]cc1OC. The van der Waals surface area contributed by atoms with Crippen LogP contribution in [0.15, 0.2) is 37.4 Å². The summed E-state index contributed by atoms with van der Waals surface area (Å²) in [5.41, 5.74) is 1.02. The van der Waals surface area contributed by atoms with Gasteiger partial charge in [-0.25, -0.2) is 0 Å². The topological polar surface area (TPSA) is 18.5 Å². The summed E-state index contributed by atoms with van der Waals surface area (Å²) in [6.07, 6.45) is 4.26. The van der Waals surface area contributed by atoms with Gasteiger partial charge in [0.15, 0.2) is 11.5 Å². The zero-order valence-corrected chi connectivity index (χ0v) is 8.95. The second kappa shape index (κ2) is 5.91. The minimum atomic E-state index is 0.463. The lowest BCUT2D eigenvalue weighted by atomic mass is 10.1. The Morgan fingerprint density at radius 3 is 2.73 bits per heavy atom. The number of allylic oxidation sites excluding steroid dienone is 1. The van der Waals surface area contributed by atoms with E-state index in [-0.39, 0.29) is 0 Å². The Kier molecular flexibility index (Phi) is 4.48. The van der Waals surface area contributed by atoms with Gasteiger partial charge in [0.05, 0.1) is 7.11 Å². The molecular formula is C13H15O2. The second-order valence-electron chi connectivity index (χ2n) is 2.97. The first kappa shape index (κ1) is 11.4. The number of ether oxygens (including phenoxy) is 2. The molecule has 0 atom stereocenters. The van der Waals surface area contributed by atoms with E-state index in [0.29, 0.717) is 12.4 Å². The fourth-order valence-corrected chi connectivity index (χ4v) is 1.27. The fourth-order valence-electron chi connectivity index (χ4n) is 1.27. The van der Waals surface area contributed by atoms with Crippen molar-refractivity contribution in [2.45, 2.75) is 6.42 Å². The minimum absolute atomic E-state index is 0.463. The Hall–Kier alpha value is -1.70. The van der Waals surface area contributed by atoms with Crippen molar-refractivity contribution in [3.63, 3.8) is 0 Å². The number of methoxy groups -OCH3 is 1. The number of benzene rings is 1. The third kappa shape index (κ3) is 2.88. The van der Waals surface area contributed by atoms with Gasteiger partial charge in [0, 0.05) is 5.56 Å². The lowest BCUT2D eigenvalue weighted by molar-refractivity contribution is 0.323. The molecule has 0 aliphatic carbocycles. The molecule has 0 aliphatic rings. The van der Waals surface area contributed by atoms with Gasteiger partial charge in [0.25, 0.3) is 0 Å². The zero-order chi connectivity index (χ0) is 11.1. The van der Waals surface area contributed by atoms with Crippen LogP contribution in [0.2, 0.25) is 0 Å². The molecule has 79 valence electrons. The van der Waals surface area contributed by atoms with Crippen molar-refractivity contribution in [3.8, 4) is 11.5 Å². The molecule has 0 spiro atoms. The molecule has 0 unspecified atom stereocenters. The van der Waals surface area contributed by atoms with Gasteiger partial charge >= 0.3 is 0 Å². The van der Waals surface area contributed by atoms with E-state index in [1.54, 1.807) is 19.3 Å². The summed E-state index contributed by atoms with van der Waals surface area (Å²) >= 11 is 0. The summed E-state index contributed by atoms with van der Waals surface area (Å²) in [4.78, 5) is 0. The first-order valence-electron chi connectivity index (χ1n) is 4.75. The quantitative estimate of drug-likeness (QED) is 0.662. The Balaban J connectivity index is 3.01. The maximum Gasteiger partial charge on any atom is 0.165 e. The Morgan fingerprint density at radius 2 is 2.13 bits per heavy atom. The van der Waals surface area contributed by atoms with Crippen molar-refractivity contribution in [1.82, 2.24) is 0 Å². The van der Waals surface area contributed by atoms with E-state index in [2.05, 4.69) is 19.2 Å². The van der Waals surface area contributed by atoms with E-state index < -0.39 is 0 Å². The molecular weight excluding hydrogens is 188 g/mol. The predicted octanol–water partition coefficient (Wildman–Crippen LogP) is 2.79. The summed E-state index contributed by atoms with van der Waals surface area (Å²) < 4.78 is 10.8. The lowest BCUT2D eigenvalue weighted by Crippen LogP contribution is -1.99. The van der Waals surface area contributed by atoms with Gasteiger partial charge in [-0.1, -0.05) is 18.7 Å². The molecule has 1 aromatic carbocycles. The molecule has 15 heavy (non-hydrogen) atoms. The van der Waals surface area contributed by atoms with E-state index in [1.807, 2.05) is 12.1 Å². The molecule has 1 aromatic rings. The van der Waals surface area contributed by atoms with Gasteiger partial charge in [0.1, 0.15) is 6.61 Å². The van der Waals surface area contributed by atoms with Gasteiger partial charge in [-0.15, -0.1) is 6.58 Å². The van der Waals surface area contributed by atoms with Crippen molar-refractivity contribution >= 4 is 0 Å². The molecule has 1 radical (unpaired) electrons. The van der Waals surface area contributed by atoms with Gasteiger partial charge in [-0.05, 0) is 24.6 Å². The highest BCUT2D eigenvalue weighted by atomic mass is 16.5. The maximum absolute atomic E-state index is 5.55. The molecule has 0 saturated heterocycles. The average Bonchev–Trinajstić information content (AvgIpc) is 2.27. The number of rotatable bonds is 6. The summed E-state index contributed by atoms with van der Waals surface area (Å²) in [5, 5.41) is 0. The normalized spacial score (nSPS) is 9.40. The second-order valence-corrected chi connectivity index (χ2v) is 2.97. The maximum atomic E-state index is 5.55. The van der Waals surface area contributed by atoms with E-state index in [9.17, 15) is 0 Å². The van der Waals surface area contributed by atoms with Crippen LogP contribution in [-0.4, -0.2) is 13.7 Å². The molecule has 2 heteroatoms. The zero-order valence-electron chi connectivity index (χ0n) is 8.95. The van der Waals surface area contributed by atoms with Crippen LogP contribution in [0.25, 0.3) is 0 Å². The minimum Gasteiger partial charge on any atom is -0.493 e. The van der Waals surface area contributed by atoms with Gasteiger partial charge < -0.3 is 9.47 Å². The van der Waals surface area contributed by atoms with Crippen LogP contribution in [0, 0.1) is 6.07 Å². The highest BCUT2D eigenvalue weighted by Crippen LogP contribution is 2.31. The van der Waals surface area contributed by atoms with E-state index >= 15 is 0 Å². The Morgan fingerprint density at radius 1 is 1.33 bits per heavy atom. The highest BCUT2D eigenvalue weighted by molar-refractivity contribution is 5.47. The van der Waals surface area contributed by atoms with Crippen LogP contribution in [0.1, 0.15) is 5.56 Å². The number of hydrogen-bond acceptors (Lipinski definition) is 2. The molecule has 0 saturated carbocycles. The van der Waals surface area contributed by atoms with Crippen molar-refractivity contribution in [1.29, 1.82) is 0 Å². The predicted molar refractivity (Wildman–Crippen MR) is 61.4 cm³/mol. The summed E-state index contributed by atoms with van der Waals surface area (Å²) in [6, 6.07) is 6.64. The molecule has 0 amide bonds. The largest absolute Gasteiger partial charge is 0.493 e. The first-order chi connectivity index (χ1) is 7.33. The molecule has 0 heterocycles. The average molecular weight is 203 g/mol. The monoisotopic (exact) mass is 203 g/mol. The summed E-state index contributed by atoms with van der Waals surface area (Å²) in [7, 11) is 1.61. The molecule has 0 fully saturated rings. The van der Waals surface area contributed by atoms with Crippen molar-refractivity contribution < 1.29 is 9.47 Å². The summed E-state index contributed by atoms with van der Waals surface area (Å²) in [6.45, 7) is 7.78. The van der Waals surface area contributed by atoms with Crippen LogP contribution in [0.5, 0.6) is 11.5 Å². The van der Waals surface area contributed by atoms with E-state index in [4.69, 9.17) is 9.47 Å². The van der Waals surface area contributed by atoms with Crippen LogP contribution in [0.4, 0.5) is 0 Å². The van der Waals surface area contributed by atoms with Crippen LogP contribution in [0.3, 0.4) is 0 Å². The third-order valence-electron chi connectivity index (χ3n) is 1.92. The number of hydrogen-bond donors (Lipinski definition) is 0. The first-order valence-corrected chi connectivity index (χ1v) is 4.75. The molecule has 0 N–H and O–H groups in total. The Labute approximate surface area is 90.8 Å². The molecule has 0 bridgehead atoms. The summed E-state index contributed by atoms with van der Waals surface area (Å²) in [5.74, 6) is 1.44. The third-order valence-corrected chi connectivity index (χ3v) is 1.92. The highest BCUT2D eigenvalue weighted by Gasteiger charge is 2.08. The van der Waals surface area contributed by atoms with Crippen LogP contribution in [-0.2, 0) is 6.42 Å². The van der Waals surface area contributed by atoms with Gasteiger partial charge in [-0.3, -0.25) is 0 Å². The van der Waals surface area contributed by atoms with E-state index in [0.717, 1.165) is 17.7 Å². The lowest BCUT2D eigenvalue weighted by Gasteiger charge is -2.12. The molecule has 1 rings (SSSR count). The fraction of sp³-hybridized carbons (Fsp3) is 0.231. The van der Waals surface area contributed by atoms with Crippen LogP contribution < -0.4 is 9.47 Å². The van der Waals surface area contributed by atoms with Crippen molar-refractivity contribution in [2.24, 2.45) is 0 Å². The van der Waals surface area contributed by atoms with E-state index in [1.165, 1.54) is 0 Å². The van der Waals surface area contributed by atoms with Crippen molar-refractivity contribution in [2.75, 3.05) is 13.7 Å². The molecule has 0 aromatic heterocycles. The molecule has 2 nitrogen and oxygen atoms in total. The van der Waals surface area contributed by atoms with Crippen molar-refractivity contribution in [3.05, 3.63) is 49.1 Å². The Bertz CT molecular complexity index is 342. The van der Waals surface area contributed by atoms with Gasteiger partial charge in [-0.2, -0.15) is 0 Å². The standard InChI is InChI=1S/C13H15O2/c1-4-7-11-8-6-9-12(14-3)13(11)15-10-5-2/h4-5,8-9H,1-2,7,10H2,3H3.